The number of anilines is 1. The number of hydrogen-bond acceptors (Lipinski definition) is 5. The van der Waals surface area contributed by atoms with Crippen molar-refractivity contribution in [1.82, 2.24) is 15.0 Å². The Bertz CT molecular complexity index is 1390. The molecule has 3 heterocycles. The van der Waals surface area contributed by atoms with Crippen LogP contribution < -0.4 is 4.90 Å². The number of benzene rings is 2. The highest BCUT2D eigenvalue weighted by Gasteiger charge is 2.48. The van der Waals surface area contributed by atoms with Crippen molar-refractivity contribution in [3.63, 3.8) is 0 Å². The number of aromatic amines is 1. The lowest BCUT2D eigenvalue weighted by molar-refractivity contribution is -0.132. The fraction of sp³-hybridized carbons (Fsp3) is 0.0833. The molecular weight excluding hydrogens is 411 g/mol. The number of hydrogen-bond donors (Lipinski definition) is 2. The van der Waals surface area contributed by atoms with Gasteiger partial charge in [-0.25, -0.2) is 9.37 Å². The van der Waals surface area contributed by atoms with Gasteiger partial charge in [0.1, 0.15) is 17.6 Å². The molecular formula is C24H17FN4O3. The number of carbonyl (C=O) groups is 2. The Morgan fingerprint density at radius 2 is 1.88 bits per heavy atom. The van der Waals surface area contributed by atoms with Crippen molar-refractivity contribution in [2.75, 3.05) is 4.90 Å². The minimum absolute atomic E-state index is 0.142. The third kappa shape index (κ3) is 3.13. The fourth-order valence-corrected chi connectivity index (χ4v) is 3.86. The van der Waals surface area contributed by atoms with Crippen molar-refractivity contribution in [2.45, 2.75) is 13.0 Å². The Hall–Kier alpha value is -4.33. The molecule has 1 atom stereocenters. The fourth-order valence-electron chi connectivity index (χ4n) is 3.86. The van der Waals surface area contributed by atoms with E-state index in [2.05, 4.69) is 15.0 Å². The van der Waals surface area contributed by atoms with E-state index in [1.165, 1.54) is 35.4 Å². The molecule has 0 saturated carbocycles. The van der Waals surface area contributed by atoms with Gasteiger partial charge in [0.25, 0.3) is 5.78 Å². The molecule has 5 rings (SSSR count). The molecule has 2 N–H and O–H groups in total. The molecule has 1 aliphatic heterocycles. The second-order valence-electron chi connectivity index (χ2n) is 7.51. The van der Waals surface area contributed by atoms with Crippen molar-refractivity contribution in [3.05, 3.63) is 95.1 Å². The molecule has 2 aromatic heterocycles. The van der Waals surface area contributed by atoms with E-state index in [1.807, 2.05) is 25.1 Å². The largest absolute Gasteiger partial charge is 0.507 e. The number of imidazole rings is 1. The van der Waals surface area contributed by atoms with Crippen molar-refractivity contribution in [1.29, 1.82) is 0 Å². The number of pyridine rings is 1. The first kappa shape index (κ1) is 19.6. The average molecular weight is 428 g/mol. The van der Waals surface area contributed by atoms with Gasteiger partial charge >= 0.3 is 5.91 Å². The van der Waals surface area contributed by atoms with Gasteiger partial charge in [-0.15, -0.1) is 0 Å². The van der Waals surface area contributed by atoms with Gasteiger partial charge in [0.2, 0.25) is 5.95 Å². The summed E-state index contributed by atoms with van der Waals surface area (Å²) in [5.41, 5.74) is 2.80. The predicted octanol–water partition coefficient (Wildman–Crippen LogP) is 4.03. The van der Waals surface area contributed by atoms with E-state index in [-0.39, 0.29) is 17.1 Å². The molecule has 0 spiro atoms. The second kappa shape index (κ2) is 7.42. The van der Waals surface area contributed by atoms with Crippen molar-refractivity contribution in [2.24, 2.45) is 0 Å². The van der Waals surface area contributed by atoms with Gasteiger partial charge in [0.15, 0.2) is 0 Å². The average Bonchev–Trinajstić information content (AvgIpc) is 3.32. The zero-order valence-corrected chi connectivity index (χ0v) is 16.9. The first-order valence-electron chi connectivity index (χ1n) is 9.88. The lowest BCUT2D eigenvalue weighted by Crippen LogP contribution is -2.30. The van der Waals surface area contributed by atoms with Gasteiger partial charge < -0.3 is 10.1 Å². The van der Waals surface area contributed by atoms with Crippen LogP contribution in [0.4, 0.5) is 10.3 Å². The minimum atomic E-state index is -1.01. The number of amides is 1. The number of halogens is 1. The van der Waals surface area contributed by atoms with E-state index in [0.717, 1.165) is 5.56 Å². The van der Waals surface area contributed by atoms with Crippen LogP contribution in [0.2, 0.25) is 0 Å². The van der Waals surface area contributed by atoms with Crippen LogP contribution in [0, 0.1) is 12.7 Å². The predicted molar refractivity (Wildman–Crippen MR) is 116 cm³/mol. The summed E-state index contributed by atoms with van der Waals surface area (Å²) in [6.07, 6.45) is 1.54. The lowest BCUT2D eigenvalue weighted by atomic mass is 9.98. The number of H-pyrrole nitrogens is 1. The number of fused-ring (bicyclic) bond motifs is 1. The highest BCUT2D eigenvalue weighted by molar-refractivity contribution is 6.51. The maximum Gasteiger partial charge on any atom is 0.302 e. The number of aliphatic hydroxyl groups excluding tert-OH is 1. The molecule has 1 fully saturated rings. The van der Waals surface area contributed by atoms with Crippen LogP contribution in [-0.4, -0.2) is 31.7 Å². The zero-order chi connectivity index (χ0) is 22.4. The van der Waals surface area contributed by atoms with E-state index in [1.54, 1.807) is 18.2 Å². The standard InChI is InChI=1S/C24H17FN4O3/c1-13-5-10-16-18(12-13)28-24(27-16)29-20(17-4-2-3-11-26-17)19(22(31)23(29)32)21(30)14-6-8-15(25)9-7-14/h2-12,20,30H,1H3,(H,27,28)/b21-19+. The monoisotopic (exact) mass is 428 g/mol. The molecule has 8 heteroatoms. The number of nitrogens with zero attached hydrogens (tertiary/aromatic N) is 3. The molecule has 158 valence electrons. The number of aromatic nitrogens is 3. The highest BCUT2D eigenvalue weighted by Crippen LogP contribution is 2.41. The SMILES string of the molecule is Cc1ccc2nc(N3C(=O)C(=O)/C(=C(/O)c4ccc(F)cc4)C3c3ccccn3)[nH]c2c1. The van der Waals surface area contributed by atoms with Gasteiger partial charge in [0, 0.05) is 11.8 Å². The van der Waals surface area contributed by atoms with E-state index in [4.69, 9.17) is 0 Å². The summed E-state index contributed by atoms with van der Waals surface area (Å²) in [7, 11) is 0. The Morgan fingerprint density at radius 1 is 1.09 bits per heavy atom. The summed E-state index contributed by atoms with van der Waals surface area (Å²) in [5, 5.41) is 11.0. The molecule has 0 aliphatic carbocycles. The lowest BCUT2D eigenvalue weighted by Gasteiger charge is -2.22. The van der Waals surface area contributed by atoms with Crippen LogP contribution in [-0.2, 0) is 9.59 Å². The van der Waals surface area contributed by atoms with Crippen LogP contribution in [0.1, 0.15) is 22.9 Å². The van der Waals surface area contributed by atoms with Crippen molar-refractivity contribution >= 4 is 34.4 Å². The van der Waals surface area contributed by atoms with Crippen LogP contribution in [0.15, 0.2) is 72.4 Å². The van der Waals surface area contributed by atoms with Crippen LogP contribution in [0.5, 0.6) is 0 Å². The normalized spacial score (nSPS) is 17.9. The van der Waals surface area contributed by atoms with Crippen LogP contribution in [0.25, 0.3) is 16.8 Å². The number of rotatable bonds is 3. The molecule has 1 saturated heterocycles. The van der Waals surface area contributed by atoms with Gasteiger partial charge in [-0.1, -0.05) is 12.1 Å². The van der Waals surface area contributed by atoms with Crippen molar-refractivity contribution < 1.29 is 19.1 Å². The first-order valence-corrected chi connectivity index (χ1v) is 9.88. The topological polar surface area (TPSA) is 99.2 Å². The van der Waals surface area contributed by atoms with Crippen LogP contribution in [0.3, 0.4) is 0 Å². The Kier molecular flexibility index (Phi) is 4.55. The van der Waals surface area contributed by atoms with Gasteiger partial charge in [0.05, 0.1) is 22.3 Å². The summed E-state index contributed by atoms with van der Waals surface area (Å²) in [6, 6.07) is 14.7. The minimum Gasteiger partial charge on any atom is -0.507 e. The quantitative estimate of drug-likeness (QED) is 0.292. The molecule has 0 radical (unpaired) electrons. The summed E-state index contributed by atoms with van der Waals surface area (Å²) in [5.74, 6) is -2.45. The van der Waals surface area contributed by atoms with E-state index < -0.39 is 29.3 Å². The molecule has 7 nitrogen and oxygen atoms in total. The second-order valence-corrected chi connectivity index (χ2v) is 7.51. The number of aliphatic hydroxyl groups is 1. The van der Waals surface area contributed by atoms with Crippen molar-refractivity contribution in [3.8, 4) is 0 Å². The zero-order valence-electron chi connectivity index (χ0n) is 16.9. The van der Waals surface area contributed by atoms with Crippen LogP contribution >= 0.6 is 0 Å². The third-order valence-electron chi connectivity index (χ3n) is 5.38. The number of aryl methyl sites for hydroxylation is 1. The number of carbonyl (C=O) groups excluding carboxylic acids is 2. The first-order chi connectivity index (χ1) is 15.4. The van der Waals surface area contributed by atoms with Gasteiger partial charge in [-0.05, 0) is 61.0 Å². The number of ketones is 1. The maximum atomic E-state index is 13.4. The molecule has 0 bridgehead atoms. The molecule has 2 aromatic carbocycles. The summed E-state index contributed by atoms with van der Waals surface area (Å²) < 4.78 is 13.4. The third-order valence-corrected chi connectivity index (χ3v) is 5.38. The summed E-state index contributed by atoms with van der Waals surface area (Å²) in [6.45, 7) is 1.93. The molecule has 32 heavy (non-hydrogen) atoms. The molecule has 1 aliphatic rings. The Morgan fingerprint density at radius 3 is 2.59 bits per heavy atom. The maximum absolute atomic E-state index is 13.4. The summed E-state index contributed by atoms with van der Waals surface area (Å²) >= 11 is 0. The highest BCUT2D eigenvalue weighted by atomic mass is 19.1. The Balaban J connectivity index is 1.72. The van der Waals surface area contributed by atoms with E-state index in [9.17, 15) is 19.1 Å². The molecule has 1 unspecified atom stereocenters. The van der Waals surface area contributed by atoms with Gasteiger partial charge in [-0.3, -0.25) is 19.5 Å². The van der Waals surface area contributed by atoms with E-state index >= 15 is 0 Å². The number of Topliss-reactive ketones (excluding diaryl/α,β-unsaturated/α-hetero) is 1. The van der Waals surface area contributed by atoms with Gasteiger partial charge in [-0.2, -0.15) is 0 Å². The molecule has 1 amide bonds. The molecule has 4 aromatic rings. The number of nitrogens with one attached hydrogen (secondary N) is 1. The Labute approximate surface area is 181 Å². The smallest absolute Gasteiger partial charge is 0.302 e. The van der Waals surface area contributed by atoms with E-state index in [0.29, 0.717) is 16.7 Å². The summed E-state index contributed by atoms with van der Waals surface area (Å²) in [4.78, 5) is 39.3.